The maximum Gasteiger partial charge on any atom is 0.227 e. The molecule has 0 aliphatic carbocycles. The fourth-order valence-corrected chi connectivity index (χ4v) is 2.41. The molecule has 1 fully saturated rings. The van der Waals surface area contributed by atoms with Crippen molar-refractivity contribution in [3.8, 4) is 0 Å². The number of hydrogen-bond acceptors (Lipinski definition) is 3. The Morgan fingerprint density at radius 2 is 2.17 bits per heavy atom. The molecule has 1 atom stereocenters. The van der Waals surface area contributed by atoms with Gasteiger partial charge in [0.25, 0.3) is 0 Å². The van der Waals surface area contributed by atoms with E-state index in [-0.39, 0.29) is 17.6 Å². The van der Waals surface area contributed by atoms with Crippen LogP contribution < -0.4 is 0 Å². The second kappa shape index (κ2) is 5.06. The highest BCUT2D eigenvalue weighted by Crippen LogP contribution is 2.28. The maximum absolute atomic E-state index is 12.3. The second-order valence-corrected chi connectivity index (χ2v) is 5.54. The van der Waals surface area contributed by atoms with Gasteiger partial charge in [0.2, 0.25) is 5.91 Å². The van der Waals surface area contributed by atoms with Crippen molar-refractivity contribution in [2.24, 2.45) is 0 Å². The van der Waals surface area contributed by atoms with E-state index in [2.05, 4.69) is 18.8 Å². The van der Waals surface area contributed by atoms with Crippen LogP contribution in [0.15, 0.2) is 24.5 Å². The van der Waals surface area contributed by atoms with E-state index in [0.717, 1.165) is 18.4 Å². The molecule has 4 heteroatoms. The molecule has 1 unspecified atom stereocenters. The first kappa shape index (κ1) is 13.0. The zero-order valence-corrected chi connectivity index (χ0v) is 11.0. The van der Waals surface area contributed by atoms with Gasteiger partial charge in [0.05, 0.1) is 12.5 Å². The molecule has 0 saturated carbocycles. The molecular weight excluding hydrogens is 228 g/mol. The lowest BCUT2D eigenvalue weighted by Gasteiger charge is -2.44. The third-order valence-electron chi connectivity index (χ3n) is 3.62. The first-order chi connectivity index (χ1) is 8.49. The van der Waals surface area contributed by atoms with Gasteiger partial charge in [0.1, 0.15) is 0 Å². The van der Waals surface area contributed by atoms with Gasteiger partial charge in [0.15, 0.2) is 0 Å². The van der Waals surface area contributed by atoms with E-state index in [9.17, 15) is 9.90 Å². The van der Waals surface area contributed by atoms with Crippen molar-refractivity contribution in [3.63, 3.8) is 0 Å². The number of aromatic nitrogens is 1. The first-order valence-corrected chi connectivity index (χ1v) is 6.36. The highest BCUT2D eigenvalue weighted by atomic mass is 16.3. The zero-order chi connectivity index (χ0) is 13.2. The van der Waals surface area contributed by atoms with Gasteiger partial charge in [-0.05, 0) is 44.4 Å². The number of amides is 1. The largest absolute Gasteiger partial charge is 0.391 e. The van der Waals surface area contributed by atoms with Crippen molar-refractivity contribution in [2.75, 3.05) is 6.54 Å². The number of pyridine rings is 1. The summed E-state index contributed by atoms with van der Waals surface area (Å²) in [5, 5.41) is 9.72. The molecule has 1 aromatic heterocycles. The van der Waals surface area contributed by atoms with Gasteiger partial charge in [-0.2, -0.15) is 0 Å². The molecule has 2 heterocycles. The summed E-state index contributed by atoms with van der Waals surface area (Å²) in [6, 6.07) is 3.70. The summed E-state index contributed by atoms with van der Waals surface area (Å²) >= 11 is 0. The average Bonchev–Trinajstić information content (AvgIpc) is 2.33. The normalized spacial score (nSPS) is 22.8. The van der Waals surface area contributed by atoms with Crippen LogP contribution in [-0.4, -0.2) is 39.1 Å². The van der Waals surface area contributed by atoms with E-state index >= 15 is 0 Å². The van der Waals surface area contributed by atoms with Gasteiger partial charge in [-0.15, -0.1) is 0 Å². The predicted octanol–water partition coefficient (Wildman–Crippen LogP) is 1.39. The highest BCUT2D eigenvalue weighted by Gasteiger charge is 2.36. The summed E-state index contributed by atoms with van der Waals surface area (Å²) in [5.74, 6) is 0.0740. The van der Waals surface area contributed by atoms with Gasteiger partial charge in [-0.25, -0.2) is 0 Å². The minimum atomic E-state index is -0.389. The third kappa shape index (κ3) is 2.88. The van der Waals surface area contributed by atoms with Crippen molar-refractivity contribution in [2.45, 2.75) is 44.8 Å². The zero-order valence-electron chi connectivity index (χ0n) is 11.0. The number of carbonyl (C=O) groups excluding carboxylic acids is 1. The number of aliphatic hydroxyl groups is 1. The number of nitrogens with zero attached hydrogens (tertiary/aromatic N) is 2. The first-order valence-electron chi connectivity index (χ1n) is 6.36. The van der Waals surface area contributed by atoms with Crippen LogP contribution in [0.1, 0.15) is 32.3 Å². The van der Waals surface area contributed by atoms with Crippen LogP contribution in [0, 0.1) is 0 Å². The van der Waals surface area contributed by atoms with Crippen molar-refractivity contribution in [1.82, 2.24) is 9.88 Å². The molecule has 98 valence electrons. The van der Waals surface area contributed by atoms with Crippen LogP contribution in [0.4, 0.5) is 0 Å². The number of carbonyl (C=O) groups is 1. The molecule has 18 heavy (non-hydrogen) atoms. The number of hydrogen-bond donors (Lipinski definition) is 1. The summed E-state index contributed by atoms with van der Waals surface area (Å²) in [7, 11) is 0. The predicted molar refractivity (Wildman–Crippen MR) is 69.0 cm³/mol. The fraction of sp³-hybridized carbons (Fsp3) is 0.571. The molecule has 0 radical (unpaired) electrons. The van der Waals surface area contributed by atoms with Gasteiger partial charge in [-0.1, -0.05) is 0 Å². The Morgan fingerprint density at radius 1 is 1.50 bits per heavy atom. The summed E-state index contributed by atoms with van der Waals surface area (Å²) in [6.07, 6.45) is 4.98. The third-order valence-corrected chi connectivity index (χ3v) is 3.62. The van der Waals surface area contributed by atoms with Crippen molar-refractivity contribution in [3.05, 3.63) is 30.1 Å². The molecule has 1 saturated heterocycles. The Labute approximate surface area is 108 Å². The molecule has 1 aliphatic heterocycles. The van der Waals surface area contributed by atoms with Gasteiger partial charge in [-0.3, -0.25) is 9.78 Å². The van der Waals surface area contributed by atoms with Crippen LogP contribution >= 0.6 is 0 Å². The van der Waals surface area contributed by atoms with E-state index < -0.39 is 0 Å². The van der Waals surface area contributed by atoms with E-state index in [1.807, 2.05) is 17.0 Å². The van der Waals surface area contributed by atoms with E-state index in [1.165, 1.54) is 0 Å². The molecule has 1 N–H and O–H groups in total. The molecule has 0 spiro atoms. The molecule has 4 nitrogen and oxygen atoms in total. The minimum absolute atomic E-state index is 0.0740. The summed E-state index contributed by atoms with van der Waals surface area (Å²) in [5.41, 5.74) is 0.800. The molecule has 2 rings (SSSR count). The standard InChI is InChI=1S/C14H20N2O2/c1-14(2)6-3-12(17)10-16(14)13(18)9-11-4-7-15-8-5-11/h4-5,7-8,12,17H,3,6,9-10H2,1-2H3. The van der Waals surface area contributed by atoms with Crippen LogP contribution in [0.3, 0.4) is 0 Å². The van der Waals surface area contributed by atoms with Crippen LogP contribution in [-0.2, 0) is 11.2 Å². The monoisotopic (exact) mass is 248 g/mol. The lowest BCUT2D eigenvalue weighted by atomic mass is 9.88. The summed E-state index contributed by atoms with van der Waals surface area (Å²) < 4.78 is 0. The number of likely N-dealkylation sites (tertiary alicyclic amines) is 1. The van der Waals surface area contributed by atoms with Gasteiger partial charge >= 0.3 is 0 Å². The van der Waals surface area contributed by atoms with Crippen LogP contribution in [0.5, 0.6) is 0 Å². The van der Waals surface area contributed by atoms with Gasteiger partial charge in [0, 0.05) is 24.5 Å². The topological polar surface area (TPSA) is 53.4 Å². The number of β-amino-alcohol motifs (C(OH)–C–C–N with tert-alkyl or cyclic N) is 1. The number of rotatable bonds is 2. The van der Waals surface area contributed by atoms with E-state index in [4.69, 9.17) is 0 Å². The number of piperidine rings is 1. The smallest absolute Gasteiger partial charge is 0.227 e. The Hall–Kier alpha value is -1.42. The maximum atomic E-state index is 12.3. The Bertz CT molecular complexity index is 417. The van der Waals surface area contributed by atoms with E-state index in [0.29, 0.717) is 13.0 Å². The van der Waals surface area contributed by atoms with Crippen molar-refractivity contribution < 1.29 is 9.90 Å². The second-order valence-electron chi connectivity index (χ2n) is 5.54. The number of aliphatic hydroxyl groups excluding tert-OH is 1. The molecule has 0 bridgehead atoms. The van der Waals surface area contributed by atoms with Gasteiger partial charge < -0.3 is 10.0 Å². The lowest BCUT2D eigenvalue weighted by Crippen LogP contribution is -2.55. The molecule has 1 aromatic rings. The van der Waals surface area contributed by atoms with Crippen molar-refractivity contribution in [1.29, 1.82) is 0 Å². The molecular formula is C14H20N2O2. The average molecular weight is 248 g/mol. The molecule has 0 aromatic carbocycles. The van der Waals surface area contributed by atoms with Crippen LogP contribution in [0.25, 0.3) is 0 Å². The Kier molecular flexibility index (Phi) is 3.66. The highest BCUT2D eigenvalue weighted by molar-refractivity contribution is 5.79. The van der Waals surface area contributed by atoms with Crippen LogP contribution in [0.2, 0.25) is 0 Å². The SMILES string of the molecule is CC1(C)CCC(O)CN1C(=O)Cc1ccncc1. The fourth-order valence-electron chi connectivity index (χ4n) is 2.41. The summed E-state index contributed by atoms with van der Waals surface area (Å²) in [6.45, 7) is 4.56. The van der Waals surface area contributed by atoms with Crippen molar-refractivity contribution >= 4 is 5.91 Å². The molecule has 1 aliphatic rings. The lowest BCUT2D eigenvalue weighted by molar-refractivity contribution is -0.141. The minimum Gasteiger partial charge on any atom is -0.391 e. The molecule has 1 amide bonds. The Balaban J connectivity index is 2.07. The quantitative estimate of drug-likeness (QED) is 0.860. The Morgan fingerprint density at radius 3 is 2.83 bits per heavy atom. The summed E-state index contributed by atoms with van der Waals surface area (Å²) in [4.78, 5) is 18.1. The van der Waals surface area contributed by atoms with E-state index in [1.54, 1.807) is 12.4 Å².